The molecule has 0 spiro atoms. The lowest BCUT2D eigenvalue weighted by Crippen LogP contribution is -2.35. The zero-order valence-corrected chi connectivity index (χ0v) is 11.4. The van der Waals surface area contributed by atoms with Gasteiger partial charge >= 0.3 is 0 Å². The number of rotatable bonds is 3. The van der Waals surface area contributed by atoms with Gasteiger partial charge < -0.3 is 0 Å². The molecule has 1 aliphatic rings. The Morgan fingerprint density at radius 3 is 3.18 bits per heavy atom. The third-order valence-corrected chi connectivity index (χ3v) is 4.93. The standard InChI is InChI=1S/C11H17N3OS2/c1-8-6-14(4-5-16-8)7-9-2-3-10(17-9)11(15)13-12/h2-3,8H,4-7,12H2,1H3,(H,13,15). The van der Waals surface area contributed by atoms with Crippen LogP contribution in [0.4, 0.5) is 0 Å². The molecule has 0 aliphatic carbocycles. The zero-order valence-electron chi connectivity index (χ0n) is 9.81. The maximum atomic E-state index is 11.3. The Kier molecular flexibility index (Phi) is 4.44. The molecule has 0 radical (unpaired) electrons. The fourth-order valence-electron chi connectivity index (χ4n) is 1.91. The molecule has 6 heteroatoms. The van der Waals surface area contributed by atoms with Crippen LogP contribution >= 0.6 is 23.1 Å². The van der Waals surface area contributed by atoms with Crippen molar-refractivity contribution in [3.8, 4) is 0 Å². The van der Waals surface area contributed by atoms with Crippen molar-refractivity contribution in [3.63, 3.8) is 0 Å². The number of nitrogens with zero attached hydrogens (tertiary/aromatic N) is 1. The first-order valence-corrected chi connectivity index (χ1v) is 7.49. The SMILES string of the molecule is CC1CN(Cc2ccc(C(=O)NN)s2)CCS1. The summed E-state index contributed by atoms with van der Waals surface area (Å²) in [5.74, 6) is 6.10. The zero-order chi connectivity index (χ0) is 12.3. The van der Waals surface area contributed by atoms with Crippen LogP contribution in [-0.2, 0) is 6.54 Å². The van der Waals surface area contributed by atoms with E-state index in [1.54, 1.807) is 0 Å². The molecule has 0 aromatic carbocycles. The molecule has 1 saturated heterocycles. The number of nitrogens with two attached hydrogens (primary N) is 1. The van der Waals surface area contributed by atoms with Crippen molar-refractivity contribution in [2.75, 3.05) is 18.8 Å². The normalized spacial score (nSPS) is 21.4. The van der Waals surface area contributed by atoms with E-state index in [0.717, 1.165) is 19.6 Å². The summed E-state index contributed by atoms with van der Waals surface area (Å²) in [5.41, 5.74) is 2.16. The number of thiophene rings is 1. The Bertz CT molecular complexity index is 394. The van der Waals surface area contributed by atoms with Crippen LogP contribution in [0, 0.1) is 0 Å². The molecule has 1 atom stereocenters. The van der Waals surface area contributed by atoms with Crippen LogP contribution < -0.4 is 11.3 Å². The fourth-order valence-corrected chi connectivity index (χ4v) is 3.95. The van der Waals surface area contributed by atoms with Gasteiger partial charge in [-0.2, -0.15) is 11.8 Å². The predicted octanol–water partition coefficient (Wildman–Crippen LogP) is 1.29. The lowest BCUT2D eigenvalue weighted by Gasteiger charge is -2.29. The maximum absolute atomic E-state index is 11.3. The van der Waals surface area contributed by atoms with Gasteiger partial charge in [0.25, 0.3) is 5.91 Å². The number of nitrogen functional groups attached to an aromatic ring is 1. The molecule has 17 heavy (non-hydrogen) atoms. The van der Waals surface area contributed by atoms with Crippen LogP contribution in [-0.4, -0.2) is 34.9 Å². The first-order valence-electron chi connectivity index (χ1n) is 5.62. The Morgan fingerprint density at radius 2 is 2.47 bits per heavy atom. The molecule has 3 N–H and O–H groups in total. The number of thioether (sulfide) groups is 1. The van der Waals surface area contributed by atoms with Gasteiger partial charge in [-0.25, -0.2) is 5.84 Å². The third kappa shape index (κ3) is 3.45. The van der Waals surface area contributed by atoms with Crippen LogP contribution in [0.5, 0.6) is 0 Å². The second kappa shape index (κ2) is 5.86. The van der Waals surface area contributed by atoms with E-state index >= 15 is 0 Å². The lowest BCUT2D eigenvalue weighted by atomic mass is 10.3. The quantitative estimate of drug-likeness (QED) is 0.494. The first-order chi connectivity index (χ1) is 8.19. The summed E-state index contributed by atoms with van der Waals surface area (Å²) in [6.07, 6.45) is 0. The molecule has 1 fully saturated rings. The first kappa shape index (κ1) is 12.9. The molecule has 1 aliphatic heterocycles. The highest BCUT2D eigenvalue weighted by Gasteiger charge is 2.17. The Hall–Kier alpha value is -0.560. The largest absolute Gasteiger partial charge is 0.296 e. The minimum absolute atomic E-state index is 0.205. The Balaban J connectivity index is 1.94. The molecule has 1 unspecified atom stereocenters. The molecule has 1 aromatic heterocycles. The summed E-state index contributed by atoms with van der Waals surface area (Å²) in [6.45, 7) is 5.46. The van der Waals surface area contributed by atoms with Gasteiger partial charge in [-0.1, -0.05) is 6.92 Å². The summed E-state index contributed by atoms with van der Waals surface area (Å²) in [6, 6.07) is 3.85. The van der Waals surface area contributed by atoms with Crippen molar-refractivity contribution in [1.29, 1.82) is 0 Å². The van der Waals surface area contributed by atoms with Gasteiger partial charge in [0.15, 0.2) is 0 Å². The number of nitrogens with one attached hydrogen (secondary N) is 1. The minimum atomic E-state index is -0.205. The summed E-state index contributed by atoms with van der Waals surface area (Å²) in [4.78, 5) is 15.7. The molecule has 2 heterocycles. The fraction of sp³-hybridized carbons (Fsp3) is 0.545. The highest BCUT2D eigenvalue weighted by Crippen LogP contribution is 2.22. The number of amides is 1. The van der Waals surface area contributed by atoms with E-state index in [2.05, 4.69) is 17.2 Å². The summed E-state index contributed by atoms with van der Waals surface area (Å²) >= 11 is 3.55. The minimum Gasteiger partial charge on any atom is -0.296 e. The van der Waals surface area contributed by atoms with E-state index in [0.29, 0.717) is 10.1 Å². The number of carbonyl (C=O) groups excluding carboxylic acids is 1. The van der Waals surface area contributed by atoms with Gasteiger partial charge in [-0.15, -0.1) is 11.3 Å². The average molecular weight is 271 g/mol. The van der Waals surface area contributed by atoms with Crippen molar-refractivity contribution in [2.24, 2.45) is 5.84 Å². The van der Waals surface area contributed by atoms with E-state index in [-0.39, 0.29) is 5.91 Å². The molecule has 4 nitrogen and oxygen atoms in total. The van der Waals surface area contributed by atoms with Gasteiger partial charge in [-0.05, 0) is 12.1 Å². The van der Waals surface area contributed by atoms with Gasteiger partial charge in [0.05, 0.1) is 4.88 Å². The van der Waals surface area contributed by atoms with Crippen molar-refractivity contribution in [1.82, 2.24) is 10.3 Å². The van der Waals surface area contributed by atoms with Crippen LogP contribution in [0.25, 0.3) is 0 Å². The predicted molar refractivity (Wildman–Crippen MR) is 73.2 cm³/mol. The third-order valence-electron chi connectivity index (χ3n) is 2.72. The molecular formula is C11H17N3OS2. The number of carbonyl (C=O) groups is 1. The molecule has 1 amide bonds. The average Bonchev–Trinajstić information content (AvgIpc) is 2.76. The second-order valence-electron chi connectivity index (χ2n) is 4.16. The second-order valence-corrected chi connectivity index (χ2v) is 6.87. The van der Waals surface area contributed by atoms with Crippen LogP contribution in [0.15, 0.2) is 12.1 Å². The van der Waals surface area contributed by atoms with Gasteiger partial charge in [-0.3, -0.25) is 15.1 Å². The van der Waals surface area contributed by atoms with Crippen LogP contribution in [0.1, 0.15) is 21.5 Å². The highest BCUT2D eigenvalue weighted by atomic mass is 32.2. The van der Waals surface area contributed by atoms with Gasteiger partial charge in [0.2, 0.25) is 0 Å². The maximum Gasteiger partial charge on any atom is 0.275 e. The molecule has 1 aromatic rings. The van der Waals surface area contributed by atoms with Crippen LogP contribution in [0.2, 0.25) is 0 Å². The Morgan fingerprint density at radius 1 is 1.65 bits per heavy atom. The monoisotopic (exact) mass is 271 g/mol. The van der Waals surface area contributed by atoms with E-state index in [1.807, 2.05) is 23.9 Å². The van der Waals surface area contributed by atoms with Gasteiger partial charge in [0, 0.05) is 35.5 Å². The summed E-state index contributed by atoms with van der Waals surface area (Å²) < 4.78 is 0. The topological polar surface area (TPSA) is 58.4 Å². The van der Waals surface area contributed by atoms with E-state index in [1.165, 1.54) is 22.0 Å². The van der Waals surface area contributed by atoms with Crippen LogP contribution in [0.3, 0.4) is 0 Å². The summed E-state index contributed by atoms with van der Waals surface area (Å²) in [5, 5.41) is 0.704. The van der Waals surface area contributed by atoms with Crippen molar-refractivity contribution in [2.45, 2.75) is 18.7 Å². The highest BCUT2D eigenvalue weighted by molar-refractivity contribution is 7.99. The number of hydrogen-bond donors (Lipinski definition) is 2. The molecule has 94 valence electrons. The molecular weight excluding hydrogens is 254 g/mol. The number of hydrogen-bond acceptors (Lipinski definition) is 5. The molecule has 0 bridgehead atoms. The molecule has 2 rings (SSSR count). The number of hydrazine groups is 1. The Labute approximate surface area is 110 Å². The van der Waals surface area contributed by atoms with E-state index in [9.17, 15) is 4.79 Å². The van der Waals surface area contributed by atoms with Crippen molar-refractivity contribution in [3.05, 3.63) is 21.9 Å². The van der Waals surface area contributed by atoms with Crippen molar-refractivity contribution >= 4 is 29.0 Å². The van der Waals surface area contributed by atoms with Crippen molar-refractivity contribution < 1.29 is 4.79 Å². The smallest absolute Gasteiger partial charge is 0.275 e. The molecule has 0 saturated carbocycles. The lowest BCUT2D eigenvalue weighted by molar-refractivity contribution is 0.0957. The van der Waals surface area contributed by atoms with Gasteiger partial charge in [0.1, 0.15) is 0 Å². The van der Waals surface area contributed by atoms with E-state index in [4.69, 9.17) is 5.84 Å². The summed E-state index contributed by atoms with van der Waals surface area (Å²) in [7, 11) is 0. The van der Waals surface area contributed by atoms with E-state index < -0.39 is 0 Å².